The molecule has 3 nitrogen and oxygen atoms in total. The summed E-state index contributed by atoms with van der Waals surface area (Å²) in [6.07, 6.45) is 16.4. The molecule has 0 aliphatic rings. The lowest BCUT2D eigenvalue weighted by Gasteiger charge is -2.02. The van der Waals surface area contributed by atoms with E-state index in [1.807, 2.05) is 12.3 Å². The van der Waals surface area contributed by atoms with Crippen LogP contribution >= 0.6 is 11.3 Å². The molecule has 0 aromatic carbocycles. The Hall–Kier alpha value is -0.900. The third-order valence-electron chi connectivity index (χ3n) is 4.22. The topological polar surface area (TPSA) is 39.2 Å². The number of hydrogen-bond donors (Lipinski definition) is 0. The van der Waals surface area contributed by atoms with Gasteiger partial charge in [0.25, 0.3) is 0 Å². The first-order valence-corrected chi connectivity index (χ1v) is 10.7. The van der Waals surface area contributed by atoms with Crippen LogP contribution < -0.4 is 0 Å². The smallest absolute Gasteiger partial charge is 0.311 e. The van der Waals surface area contributed by atoms with Crippen molar-refractivity contribution in [1.82, 2.24) is 4.98 Å². The van der Waals surface area contributed by atoms with Gasteiger partial charge in [0.15, 0.2) is 0 Å². The van der Waals surface area contributed by atoms with E-state index in [0.29, 0.717) is 13.0 Å². The second kappa shape index (κ2) is 14.4. The van der Waals surface area contributed by atoms with Gasteiger partial charge in [0.2, 0.25) is 0 Å². The van der Waals surface area contributed by atoms with E-state index >= 15 is 0 Å². The van der Waals surface area contributed by atoms with E-state index in [1.165, 1.54) is 70.6 Å². The van der Waals surface area contributed by atoms with Crippen molar-refractivity contribution in [3.63, 3.8) is 0 Å². The van der Waals surface area contributed by atoms with Gasteiger partial charge in [-0.3, -0.25) is 4.79 Å². The molecule has 0 saturated carbocycles. The van der Waals surface area contributed by atoms with Crippen LogP contribution in [0.2, 0.25) is 0 Å². The fourth-order valence-electron chi connectivity index (χ4n) is 2.85. The zero-order valence-corrected chi connectivity index (χ0v) is 16.5. The monoisotopic (exact) mass is 353 g/mol. The lowest BCUT2D eigenvalue weighted by molar-refractivity contribution is -0.142. The van der Waals surface area contributed by atoms with Crippen LogP contribution in [0.1, 0.15) is 95.2 Å². The van der Waals surface area contributed by atoms with Crippen molar-refractivity contribution < 1.29 is 9.53 Å². The minimum absolute atomic E-state index is 0.177. The molecule has 0 aliphatic heterocycles. The van der Waals surface area contributed by atoms with Gasteiger partial charge in [0, 0.05) is 5.38 Å². The Balaban J connectivity index is 1.96. The molecular weight excluding hydrogens is 318 g/mol. The second-order valence-corrected chi connectivity index (χ2v) is 7.44. The van der Waals surface area contributed by atoms with E-state index in [2.05, 4.69) is 11.9 Å². The number of nitrogens with zero attached hydrogens (tertiary/aromatic N) is 1. The molecule has 0 atom stereocenters. The first-order valence-electron chi connectivity index (χ1n) is 9.85. The summed E-state index contributed by atoms with van der Waals surface area (Å²) in [5.41, 5.74) is 0.858. The zero-order chi connectivity index (χ0) is 17.5. The number of rotatable bonds is 15. The van der Waals surface area contributed by atoms with E-state index < -0.39 is 0 Å². The Labute approximate surface area is 152 Å². The number of esters is 1. The molecule has 24 heavy (non-hydrogen) atoms. The molecule has 0 saturated heterocycles. The molecule has 0 aliphatic carbocycles. The second-order valence-electron chi connectivity index (χ2n) is 6.50. The molecule has 0 radical (unpaired) electrons. The van der Waals surface area contributed by atoms with Crippen LogP contribution in [0.15, 0.2) is 5.38 Å². The predicted molar refractivity (Wildman–Crippen MR) is 103 cm³/mol. The quantitative estimate of drug-likeness (QED) is 0.282. The summed E-state index contributed by atoms with van der Waals surface area (Å²) in [5, 5.41) is 3.15. The van der Waals surface area contributed by atoms with Crippen molar-refractivity contribution in [3.05, 3.63) is 16.1 Å². The summed E-state index contributed by atoms with van der Waals surface area (Å²) in [4.78, 5) is 16.0. The van der Waals surface area contributed by atoms with Crippen molar-refractivity contribution in [1.29, 1.82) is 0 Å². The first-order chi connectivity index (χ1) is 11.8. The van der Waals surface area contributed by atoms with Crippen molar-refractivity contribution in [2.75, 3.05) is 6.61 Å². The lowest BCUT2D eigenvalue weighted by Crippen LogP contribution is -2.07. The van der Waals surface area contributed by atoms with E-state index in [1.54, 1.807) is 11.3 Å². The fourth-order valence-corrected chi connectivity index (χ4v) is 3.69. The number of carbonyl (C=O) groups excluding carboxylic acids is 1. The Morgan fingerprint density at radius 1 is 0.958 bits per heavy atom. The Kier molecular flexibility index (Phi) is 12.7. The maximum Gasteiger partial charge on any atom is 0.311 e. The minimum Gasteiger partial charge on any atom is -0.466 e. The van der Waals surface area contributed by atoms with E-state index in [-0.39, 0.29) is 5.97 Å². The summed E-state index contributed by atoms with van der Waals surface area (Å²) in [6, 6.07) is 0. The standard InChI is InChI=1S/C20H35NO2S/c1-3-5-6-7-8-9-10-11-12-13-14-15-19-21-18(17-24-19)16-20(22)23-4-2/h17H,3-16H2,1-2H3. The molecule has 0 spiro atoms. The largest absolute Gasteiger partial charge is 0.466 e. The summed E-state index contributed by atoms with van der Waals surface area (Å²) in [5.74, 6) is -0.177. The Bertz CT molecular complexity index is 431. The number of aromatic nitrogens is 1. The molecule has 1 heterocycles. The Morgan fingerprint density at radius 2 is 1.54 bits per heavy atom. The molecule has 4 heteroatoms. The van der Waals surface area contributed by atoms with Crippen molar-refractivity contribution in [2.45, 2.75) is 97.3 Å². The third kappa shape index (κ3) is 10.8. The van der Waals surface area contributed by atoms with E-state index in [9.17, 15) is 4.79 Å². The molecule has 0 unspecified atom stereocenters. The number of thiazole rings is 1. The maximum absolute atomic E-state index is 11.4. The maximum atomic E-state index is 11.4. The molecule has 1 aromatic heterocycles. The van der Waals surface area contributed by atoms with Crippen molar-refractivity contribution in [2.24, 2.45) is 0 Å². The Morgan fingerprint density at radius 3 is 2.12 bits per heavy atom. The number of ether oxygens (including phenoxy) is 1. The SMILES string of the molecule is CCCCCCCCCCCCCc1nc(CC(=O)OCC)cs1. The number of hydrogen-bond acceptors (Lipinski definition) is 4. The highest BCUT2D eigenvalue weighted by molar-refractivity contribution is 7.09. The lowest BCUT2D eigenvalue weighted by atomic mass is 10.1. The van der Waals surface area contributed by atoms with Crippen molar-refractivity contribution in [3.8, 4) is 0 Å². The summed E-state index contributed by atoms with van der Waals surface area (Å²) in [7, 11) is 0. The minimum atomic E-state index is -0.177. The zero-order valence-electron chi connectivity index (χ0n) is 15.6. The van der Waals surface area contributed by atoms with Crippen LogP contribution in [0, 0.1) is 0 Å². The third-order valence-corrected chi connectivity index (χ3v) is 5.18. The average Bonchev–Trinajstić information content (AvgIpc) is 3.00. The van der Waals surface area contributed by atoms with Crippen LogP contribution in [0.4, 0.5) is 0 Å². The van der Waals surface area contributed by atoms with Crippen molar-refractivity contribution >= 4 is 17.3 Å². The molecule has 138 valence electrons. The highest BCUT2D eigenvalue weighted by Gasteiger charge is 2.08. The highest BCUT2D eigenvalue weighted by atomic mass is 32.1. The van der Waals surface area contributed by atoms with Gasteiger partial charge < -0.3 is 4.74 Å². The predicted octanol–water partition coefficient (Wildman–Crippen LogP) is 6.10. The number of carbonyl (C=O) groups is 1. The molecule has 0 N–H and O–H groups in total. The number of unbranched alkanes of at least 4 members (excludes halogenated alkanes) is 10. The number of aryl methyl sites for hydroxylation is 1. The van der Waals surface area contributed by atoms with Gasteiger partial charge in [-0.15, -0.1) is 11.3 Å². The van der Waals surface area contributed by atoms with Crippen LogP contribution in [0.25, 0.3) is 0 Å². The van der Waals surface area contributed by atoms with Crippen LogP contribution in [-0.4, -0.2) is 17.6 Å². The van der Waals surface area contributed by atoms with Crippen LogP contribution in [0.5, 0.6) is 0 Å². The van der Waals surface area contributed by atoms with Gasteiger partial charge in [-0.2, -0.15) is 0 Å². The van der Waals surface area contributed by atoms with Gasteiger partial charge in [0.1, 0.15) is 0 Å². The molecule has 1 rings (SSSR count). The van der Waals surface area contributed by atoms with Gasteiger partial charge in [-0.25, -0.2) is 4.98 Å². The average molecular weight is 354 g/mol. The van der Waals surface area contributed by atoms with Gasteiger partial charge >= 0.3 is 5.97 Å². The molecule has 1 aromatic rings. The molecule has 0 amide bonds. The van der Waals surface area contributed by atoms with Gasteiger partial charge in [-0.05, 0) is 19.8 Å². The fraction of sp³-hybridized carbons (Fsp3) is 0.800. The summed E-state index contributed by atoms with van der Waals surface area (Å²) >= 11 is 1.67. The highest BCUT2D eigenvalue weighted by Crippen LogP contribution is 2.16. The van der Waals surface area contributed by atoms with E-state index in [4.69, 9.17) is 4.74 Å². The first kappa shape index (κ1) is 21.1. The van der Waals surface area contributed by atoms with Crippen LogP contribution in [0.3, 0.4) is 0 Å². The molecule has 0 fully saturated rings. The van der Waals surface area contributed by atoms with Gasteiger partial charge in [0.05, 0.1) is 23.7 Å². The normalized spacial score (nSPS) is 10.9. The van der Waals surface area contributed by atoms with E-state index in [0.717, 1.165) is 17.1 Å². The summed E-state index contributed by atoms with van der Waals surface area (Å²) < 4.78 is 4.95. The summed E-state index contributed by atoms with van der Waals surface area (Å²) in [6.45, 7) is 4.54. The molecule has 0 bridgehead atoms. The van der Waals surface area contributed by atoms with Crippen LogP contribution in [-0.2, 0) is 22.4 Å². The van der Waals surface area contributed by atoms with Gasteiger partial charge in [-0.1, -0.05) is 71.1 Å². The molecular formula is C20H35NO2S.